The first kappa shape index (κ1) is 12.7. The van der Waals surface area contributed by atoms with Gasteiger partial charge in [0.05, 0.1) is 5.88 Å². The van der Waals surface area contributed by atoms with Gasteiger partial charge in [0.2, 0.25) is 0 Å². The van der Waals surface area contributed by atoms with E-state index in [1.807, 2.05) is 30.6 Å². The predicted octanol–water partition coefficient (Wildman–Crippen LogP) is 2.39. The minimum atomic E-state index is 0. The van der Waals surface area contributed by atoms with Crippen LogP contribution in [0.5, 0.6) is 0 Å². The third kappa shape index (κ3) is 3.14. The predicted molar refractivity (Wildman–Crippen MR) is 55.1 cm³/mol. The van der Waals surface area contributed by atoms with Gasteiger partial charge in [-0.3, -0.25) is 0 Å². The molecule has 0 fully saturated rings. The van der Waals surface area contributed by atoms with Gasteiger partial charge < -0.3 is 12.3 Å². The zero-order valence-electron chi connectivity index (χ0n) is 7.23. The van der Waals surface area contributed by atoms with E-state index < -0.39 is 0 Å². The molecule has 0 aliphatic carbocycles. The van der Waals surface area contributed by atoms with Crippen LogP contribution in [0.15, 0.2) is 28.7 Å². The first-order valence-electron chi connectivity index (χ1n) is 3.35. The van der Waals surface area contributed by atoms with Crippen LogP contribution < -0.4 is 4.90 Å². The molecule has 0 amide bonds. The number of hydrogen-bond acceptors (Lipinski definition) is 3. The molecule has 0 spiro atoms. The molecule has 1 aromatic rings. The summed E-state index contributed by atoms with van der Waals surface area (Å²) in [5.41, 5.74) is 1.08. The normalized spacial score (nSPS) is 13.4. The Morgan fingerprint density at radius 2 is 2.31 bits per heavy atom. The van der Waals surface area contributed by atoms with E-state index in [1.165, 1.54) is 0 Å². The van der Waals surface area contributed by atoms with Crippen LogP contribution in [-0.4, -0.2) is 12.2 Å². The van der Waals surface area contributed by atoms with Gasteiger partial charge in [-0.05, 0) is 11.9 Å². The molecule has 2 nitrogen and oxygen atoms in total. The van der Waals surface area contributed by atoms with Crippen LogP contribution >= 0.6 is 11.9 Å². The maximum absolute atomic E-state index is 4.04. The van der Waals surface area contributed by atoms with Crippen LogP contribution in [0.1, 0.15) is 0 Å². The van der Waals surface area contributed by atoms with Crippen molar-refractivity contribution >= 4 is 24.0 Å². The molecule has 0 saturated carbocycles. The van der Waals surface area contributed by atoms with Crippen LogP contribution in [-0.2, 0) is 20.1 Å². The fraction of sp³-hybridized carbons (Fsp3) is 0.111. The second-order valence-corrected chi connectivity index (χ2v) is 2.92. The maximum atomic E-state index is 4.04. The van der Waals surface area contributed by atoms with Gasteiger partial charge in [-0.25, -0.2) is 4.40 Å². The number of rotatable bonds is 1. The zero-order valence-corrected chi connectivity index (χ0v) is 10.4. The van der Waals surface area contributed by atoms with E-state index in [9.17, 15) is 0 Å². The van der Waals surface area contributed by atoms with E-state index in [4.69, 9.17) is 0 Å². The second kappa shape index (κ2) is 6.19. The molecule has 2 rings (SSSR count). The van der Waals surface area contributed by atoms with E-state index in [2.05, 4.69) is 15.4 Å². The summed E-state index contributed by atoms with van der Waals surface area (Å²) in [6.07, 6.45) is 1.83. The van der Waals surface area contributed by atoms with Gasteiger partial charge in [0.25, 0.3) is 0 Å². The number of hydrogen-bond donors (Lipinski definition) is 0. The quantitative estimate of drug-likeness (QED) is 0.557. The molecule has 1 aromatic carbocycles. The summed E-state index contributed by atoms with van der Waals surface area (Å²) < 4.78 is 4.04. The van der Waals surface area contributed by atoms with Crippen molar-refractivity contribution in [3.63, 3.8) is 0 Å². The van der Waals surface area contributed by atoms with Gasteiger partial charge in [-0.1, -0.05) is 5.69 Å². The summed E-state index contributed by atoms with van der Waals surface area (Å²) in [6.45, 7) is 0. The van der Waals surface area contributed by atoms with Gasteiger partial charge in [0.15, 0.2) is 0 Å². The molecule has 1 aliphatic rings. The number of benzene rings is 1. The van der Waals surface area contributed by atoms with Gasteiger partial charge in [0.1, 0.15) is 6.34 Å². The second-order valence-electron chi connectivity index (χ2n) is 2.20. The van der Waals surface area contributed by atoms with E-state index in [0.29, 0.717) is 0 Å². The Balaban J connectivity index is 0.000000720. The van der Waals surface area contributed by atoms with Gasteiger partial charge in [-0.15, -0.1) is 6.07 Å². The fourth-order valence-electron chi connectivity index (χ4n) is 0.913. The topological polar surface area (TPSA) is 15.6 Å². The van der Waals surface area contributed by atoms with Gasteiger partial charge in [0, 0.05) is 20.1 Å². The van der Waals surface area contributed by atoms with Crippen molar-refractivity contribution in [3.05, 3.63) is 37.8 Å². The van der Waals surface area contributed by atoms with Crippen LogP contribution in [0, 0.1) is 13.5 Å². The summed E-state index contributed by atoms with van der Waals surface area (Å²) in [5.74, 6) is 0.903. The smallest absolute Gasteiger partial charge is 0.102 e. The van der Waals surface area contributed by atoms with Crippen molar-refractivity contribution in [2.45, 2.75) is 0 Å². The Kier molecular flexibility index (Phi) is 6.04. The summed E-state index contributed by atoms with van der Waals surface area (Å²) in [6, 6.07) is 11.0. The molecule has 0 aromatic heterocycles. The van der Waals surface area contributed by atoms with Crippen molar-refractivity contribution < 1.29 is 20.1 Å². The summed E-state index contributed by atoms with van der Waals surface area (Å²) >= 11 is 1.55. The van der Waals surface area contributed by atoms with Crippen LogP contribution in [0.25, 0.3) is 0 Å². The molecular weight excluding hydrogens is 360 g/mol. The molecule has 0 saturated heterocycles. The van der Waals surface area contributed by atoms with Crippen molar-refractivity contribution in [2.75, 3.05) is 10.8 Å². The number of para-hydroxylation sites is 1. The summed E-state index contributed by atoms with van der Waals surface area (Å²) in [4.78, 5) is 2.06. The standard InChI is InChI=1S/C8H7N2S.CH3.Ir/c1-2-4-8(5-3-1)10-6-9-11-7-10;;/h1-4,6H,7H2;1H3;/q2*-1;. The molecule has 0 unspecified atom stereocenters. The first-order chi connectivity index (χ1) is 5.47. The SMILES string of the molecule is [CH3-].[Ir].[c-]1ccccc1N1C=NSC1. The minimum Gasteiger partial charge on any atom is -0.358 e. The third-order valence-corrected chi connectivity index (χ3v) is 2.10. The van der Waals surface area contributed by atoms with Crippen molar-refractivity contribution in [1.82, 2.24) is 0 Å². The fourth-order valence-corrected chi connectivity index (χ4v) is 1.49. The van der Waals surface area contributed by atoms with Crippen molar-refractivity contribution in [1.29, 1.82) is 0 Å². The Bertz CT molecular complexity index is 264. The first-order valence-corrected chi connectivity index (χ1v) is 4.30. The molecule has 0 atom stereocenters. The van der Waals surface area contributed by atoms with Crippen molar-refractivity contribution in [3.8, 4) is 0 Å². The van der Waals surface area contributed by atoms with Gasteiger partial charge >= 0.3 is 0 Å². The summed E-state index contributed by atoms with van der Waals surface area (Å²) in [7, 11) is 0. The van der Waals surface area contributed by atoms with Crippen LogP contribution in [0.3, 0.4) is 0 Å². The maximum Gasteiger partial charge on any atom is 0.102 e. The average molecular weight is 370 g/mol. The zero-order chi connectivity index (χ0) is 7.52. The van der Waals surface area contributed by atoms with Crippen molar-refractivity contribution in [2.24, 2.45) is 4.40 Å². The Morgan fingerprint density at radius 3 is 2.85 bits per heavy atom. The summed E-state index contributed by atoms with van der Waals surface area (Å²) in [5, 5.41) is 0. The van der Waals surface area contributed by atoms with E-state index >= 15 is 0 Å². The third-order valence-electron chi connectivity index (χ3n) is 1.46. The molecule has 13 heavy (non-hydrogen) atoms. The molecule has 1 radical (unpaired) electrons. The van der Waals surface area contributed by atoms with E-state index in [-0.39, 0.29) is 27.5 Å². The minimum absolute atomic E-state index is 0. The molecule has 4 heteroatoms. The molecule has 0 N–H and O–H groups in total. The Morgan fingerprint density at radius 1 is 1.46 bits per heavy atom. The van der Waals surface area contributed by atoms with E-state index in [0.717, 1.165) is 11.6 Å². The van der Waals surface area contributed by atoms with Crippen LogP contribution in [0.2, 0.25) is 0 Å². The largest absolute Gasteiger partial charge is 0.358 e. The Labute approximate surface area is 96.9 Å². The van der Waals surface area contributed by atoms with Gasteiger partial charge in [-0.2, -0.15) is 24.3 Å². The molecule has 0 bridgehead atoms. The molecule has 1 aliphatic heterocycles. The van der Waals surface area contributed by atoms with E-state index in [1.54, 1.807) is 11.9 Å². The average Bonchev–Trinajstić information content (AvgIpc) is 2.58. The monoisotopic (exact) mass is 371 g/mol. The van der Waals surface area contributed by atoms with Crippen LogP contribution in [0.4, 0.5) is 5.69 Å². The molecule has 73 valence electrons. The molecule has 1 heterocycles. The Hall–Kier alpha value is -0.311. The number of nitrogens with zero attached hydrogens (tertiary/aromatic N) is 2. The molecular formula is C9H10IrN2S-2. The number of anilines is 1.